The minimum Gasteiger partial charge on any atom is -0.478 e. The van der Waals surface area contributed by atoms with Gasteiger partial charge in [-0.05, 0) is 6.07 Å². The molecule has 0 radical (unpaired) electrons. The fourth-order valence-electron chi connectivity index (χ4n) is 1.89. The minimum atomic E-state index is -4.85. The second-order valence-corrected chi connectivity index (χ2v) is 4.63. The van der Waals surface area contributed by atoms with Crippen molar-refractivity contribution in [2.75, 3.05) is 0 Å². The predicted molar refractivity (Wildman–Crippen MR) is 74.0 cm³/mol. The highest BCUT2D eigenvalue weighted by Crippen LogP contribution is 2.37. The molecule has 0 bridgehead atoms. The Hall–Kier alpha value is -3.10. The number of hydrogen-bond donors (Lipinski definition) is 2. The number of nitrogens with zero attached hydrogens (tertiary/aromatic N) is 1. The number of pyridine rings is 1. The third-order valence-corrected chi connectivity index (χ3v) is 2.95. The molecule has 0 saturated carbocycles. The molecule has 0 aliphatic carbocycles. The summed E-state index contributed by atoms with van der Waals surface area (Å²) < 4.78 is 44.6. The molecule has 1 aromatic heterocycles. The van der Waals surface area contributed by atoms with Crippen LogP contribution in [0.1, 0.15) is 32.5 Å². The first-order valence-electron chi connectivity index (χ1n) is 6.45. The van der Waals surface area contributed by atoms with E-state index in [0.717, 1.165) is 18.3 Å². The number of halogens is 3. The van der Waals surface area contributed by atoms with Crippen LogP contribution in [0.25, 0.3) is 0 Å². The molecular weight excluding hydrogens is 331 g/mol. The minimum absolute atomic E-state index is 0.262. The molecule has 1 unspecified atom stereocenters. The van der Waals surface area contributed by atoms with E-state index in [4.69, 9.17) is 14.9 Å². The fourth-order valence-corrected chi connectivity index (χ4v) is 1.89. The highest BCUT2D eigenvalue weighted by Gasteiger charge is 2.43. The van der Waals surface area contributed by atoms with Crippen molar-refractivity contribution in [2.24, 2.45) is 0 Å². The summed E-state index contributed by atoms with van der Waals surface area (Å²) in [5.74, 6) is -3.91. The molecule has 0 spiro atoms. The fraction of sp³-hybridized carbons (Fsp3) is 0.133. The number of carbonyl (C=O) groups is 2. The molecule has 2 rings (SSSR count). The van der Waals surface area contributed by atoms with Crippen LogP contribution in [0, 0.1) is 0 Å². The highest BCUT2D eigenvalue weighted by molar-refractivity contribution is 5.92. The molecule has 1 atom stereocenters. The van der Waals surface area contributed by atoms with Crippen molar-refractivity contribution in [3.8, 4) is 5.75 Å². The summed E-state index contributed by atoms with van der Waals surface area (Å²) >= 11 is 0. The first kappa shape index (κ1) is 17.3. The van der Waals surface area contributed by atoms with E-state index in [9.17, 15) is 22.8 Å². The maximum Gasteiger partial charge on any atom is 0.429 e. The van der Waals surface area contributed by atoms with Crippen molar-refractivity contribution in [1.82, 2.24) is 4.98 Å². The molecule has 0 saturated heterocycles. The first-order chi connectivity index (χ1) is 11.2. The Morgan fingerprint density at radius 1 is 1.08 bits per heavy atom. The molecule has 0 amide bonds. The van der Waals surface area contributed by atoms with E-state index < -0.39 is 41.2 Å². The number of alkyl halides is 3. The summed E-state index contributed by atoms with van der Waals surface area (Å²) in [6.07, 6.45) is -6.59. The Balaban J connectivity index is 2.51. The second-order valence-electron chi connectivity index (χ2n) is 4.63. The Morgan fingerprint density at radius 2 is 1.71 bits per heavy atom. The Kier molecular flexibility index (Phi) is 4.72. The molecule has 0 aliphatic rings. The molecule has 2 N–H and O–H groups in total. The van der Waals surface area contributed by atoms with Crippen molar-refractivity contribution < 1.29 is 37.7 Å². The zero-order valence-electron chi connectivity index (χ0n) is 11.8. The van der Waals surface area contributed by atoms with E-state index in [1.807, 2.05) is 0 Å². The van der Waals surface area contributed by atoms with Gasteiger partial charge in [-0.3, -0.25) is 0 Å². The molecule has 6 nitrogen and oxygen atoms in total. The van der Waals surface area contributed by atoms with Crippen LogP contribution in [0.4, 0.5) is 13.2 Å². The Morgan fingerprint density at radius 3 is 2.21 bits per heavy atom. The number of aromatic nitrogens is 1. The second kappa shape index (κ2) is 6.57. The molecule has 1 aromatic carbocycles. The maximum atomic E-state index is 13.3. The summed E-state index contributed by atoms with van der Waals surface area (Å²) in [4.78, 5) is 25.4. The van der Waals surface area contributed by atoms with E-state index >= 15 is 0 Å². The number of hydrogen-bond acceptors (Lipinski definition) is 4. The van der Waals surface area contributed by atoms with E-state index in [2.05, 4.69) is 4.98 Å². The topological polar surface area (TPSA) is 96.7 Å². The summed E-state index contributed by atoms with van der Waals surface area (Å²) in [5, 5.41) is 17.9. The normalized spacial score (nSPS) is 12.5. The molecule has 0 fully saturated rings. The molecular formula is C15H10F3NO5. The van der Waals surface area contributed by atoms with Gasteiger partial charge in [0.15, 0.2) is 11.4 Å². The van der Waals surface area contributed by atoms with Gasteiger partial charge in [0.25, 0.3) is 0 Å². The van der Waals surface area contributed by atoms with Crippen molar-refractivity contribution in [1.29, 1.82) is 0 Å². The van der Waals surface area contributed by atoms with E-state index in [0.29, 0.717) is 6.07 Å². The maximum absolute atomic E-state index is 13.3. The molecule has 2 aromatic rings. The first-order valence-corrected chi connectivity index (χ1v) is 6.45. The molecule has 24 heavy (non-hydrogen) atoms. The van der Waals surface area contributed by atoms with Gasteiger partial charge in [-0.15, -0.1) is 0 Å². The lowest BCUT2D eigenvalue weighted by Gasteiger charge is -2.22. The average molecular weight is 341 g/mol. The zero-order valence-corrected chi connectivity index (χ0v) is 11.8. The standard InChI is InChI=1S/C15H10F3NO5/c16-15(17,18)12(8-4-2-1-3-5-8)24-10-6-9(13(20)21)7-19-11(10)14(22)23/h1-7,12H,(H,20,21)(H,22,23). The highest BCUT2D eigenvalue weighted by atomic mass is 19.4. The smallest absolute Gasteiger partial charge is 0.429 e. The van der Waals surface area contributed by atoms with Crippen LogP contribution in [0.5, 0.6) is 5.75 Å². The van der Waals surface area contributed by atoms with Crippen molar-refractivity contribution in [2.45, 2.75) is 12.3 Å². The van der Waals surface area contributed by atoms with Crippen LogP contribution >= 0.6 is 0 Å². The lowest BCUT2D eigenvalue weighted by atomic mass is 10.1. The van der Waals surface area contributed by atoms with Crippen LogP contribution in [0.3, 0.4) is 0 Å². The summed E-state index contributed by atoms with van der Waals surface area (Å²) in [6, 6.07) is 7.25. The lowest BCUT2D eigenvalue weighted by Crippen LogP contribution is -2.27. The van der Waals surface area contributed by atoms with Crippen LogP contribution in [-0.2, 0) is 0 Å². The van der Waals surface area contributed by atoms with Gasteiger partial charge >= 0.3 is 18.1 Å². The summed E-state index contributed by atoms with van der Waals surface area (Å²) in [7, 11) is 0. The lowest BCUT2D eigenvalue weighted by molar-refractivity contribution is -0.198. The van der Waals surface area contributed by atoms with Crippen LogP contribution in [0.2, 0.25) is 0 Å². The Bertz CT molecular complexity index is 761. The van der Waals surface area contributed by atoms with Gasteiger partial charge in [0.1, 0.15) is 0 Å². The van der Waals surface area contributed by atoms with Gasteiger partial charge in [0, 0.05) is 11.8 Å². The number of ether oxygens (including phenoxy) is 1. The van der Waals surface area contributed by atoms with Gasteiger partial charge in [-0.2, -0.15) is 13.2 Å². The van der Waals surface area contributed by atoms with E-state index in [1.54, 1.807) is 0 Å². The molecule has 1 heterocycles. The van der Waals surface area contributed by atoms with Gasteiger partial charge in [-0.25, -0.2) is 14.6 Å². The van der Waals surface area contributed by atoms with Gasteiger partial charge in [0.2, 0.25) is 6.10 Å². The van der Waals surface area contributed by atoms with Crippen molar-refractivity contribution >= 4 is 11.9 Å². The monoisotopic (exact) mass is 341 g/mol. The largest absolute Gasteiger partial charge is 0.478 e. The van der Waals surface area contributed by atoms with Crippen LogP contribution in [0.15, 0.2) is 42.6 Å². The predicted octanol–water partition coefficient (Wildman–Crippen LogP) is 3.16. The van der Waals surface area contributed by atoms with Gasteiger partial charge in [-0.1, -0.05) is 30.3 Å². The van der Waals surface area contributed by atoms with Crippen LogP contribution < -0.4 is 4.74 Å². The number of carboxylic acids is 2. The van der Waals surface area contributed by atoms with E-state index in [-0.39, 0.29) is 5.56 Å². The summed E-state index contributed by atoms with van der Waals surface area (Å²) in [5.41, 5.74) is -1.57. The zero-order chi connectivity index (χ0) is 17.9. The Labute approximate surface area is 133 Å². The number of benzene rings is 1. The van der Waals surface area contributed by atoms with Gasteiger partial charge < -0.3 is 14.9 Å². The van der Waals surface area contributed by atoms with Crippen molar-refractivity contribution in [3.63, 3.8) is 0 Å². The molecule has 9 heteroatoms. The van der Waals surface area contributed by atoms with Crippen LogP contribution in [-0.4, -0.2) is 33.3 Å². The summed E-state index contributed by atoms with van der Waals surface area (Å²) in [6.45, 7) is 0. The number of rotatable bonds is 5. The third kappa shape index (κ3) is 3.80. The third-order valence-electron chi connectivity index (χ3n) is 2.95. The van der Waals surface area contributed by atoms with Crippen molar-refractivity contribution in [3.05, 3.63) is 59.4 Å². The number of carboxylic acid groups (broad SMARTS) is 2. The van der Waals surface area contributed by atoms with Gasteiger partial charge in [0.05, 0.1) is 5.56 Å². The van der Waals surface area contributed by atoms with E-state index in [1.165, 1.54) is 18.2 Å². The molecule has 126 valence electrons. The number of aromatic carboxylic acids is 2. The molecule has 0 aliphatic heterocycles. The average Bonchev–Trinajstić information content (AvgIpc) is 2.51. The SMILES string of the molecule is O=C(O)c1cnc(C(=O)O)c(OC(c2ccccc2)C(F)(F)F)c1. The quantitative estimate of drug-likeness (QED) is 0.867.